The standard InChI is InChI=1S/C13H27N5/c1-7-14-12(11-10-15-16-17(11)6)13(4,5)18(8-2)9-3/h10,12,14H,7-9H2,1-6H3. The molecule has 5 nitrogen and oxygen atoms in total. The molecule has 0 aliphatic heterocycles. The Morgan fingerprint density at radius 3 is 2.33 bits per heavy atom. The molecule has 18 heavy (non-hydrogen) atoms. The van der Waals surface area contributed by atoms with Gasteiger partial charge in [0.1, 0.15) is 0 Å². The van der Waals surface area contributed by atoms with Gasteiger partial charge in [0.15, 0.2) is 0 Å². The Morgan fingerprint density at radius 1 is 1.33 bits per heavy atom. The summed E-state index contributed by atoms with van der Waals surface area (Å²) in [5.74, 6) is 0. The van der Waals surface area contributed by atoms with Crippen molar-refractivity contribution < 1.29 is 0 Å². The molecule has 1 atom stereocenters. The summed E-state index contributed by atoms with van der Waals surface area (Å²) in [4.78, 5) is 2.47. The van der Waals surface area contributed by atoms with E-state index in [4.69, 9.17) is 0 Å². The lowest BCUT2D eigenvalue weighted by molar-refractivity contribution is 0.0886. The second-order valence-electron chi connectivity index (χ2n) is 5.10. The van der Waals surface area contributed by atoms with Gasteiger partial charge in [-0.15, -0.1) is 5.10 Å². The lowest BCUT2D eigenvalue weighted by Gasteiger charge is -2.43. The van der Waals surface area contributed by atoms with Crippen LogP contribution in [-0.2, 0) is 7.05 Å². The molecule has 0 amide bonds. The molecular formula is C13H27N5. The normalized spacial score (nSPS) is 14.2. The van der Waals surface area contributed by atoms with E-state index in [1.807, 2.05) is 17.9 Å². The van der Waals surface area contributed by atoms with Crippen LogP contribution in [0.25, 0.3) is 0 Å². The maximum atomic E-state index is 4.05. The molecular weight excluding hydrogens is 226 g/mol. The third-order valence-electron chi connectivity index (χ3n) is 3.74. The first-order valence-corrected chi connectivity index (χ1v) is 6.81. The Morgan fingerprint density at radius 2 is 1.94 bits per heavy atom. The highest BCUT2D eigenvalue weighted by atomic mass is 15.4. The van der Waals surface area contributed by atoms with Crippen LogP contribution in [0.5, 0.6) is 0 Å². The summed E-state index contributed by atoms with van der Waals surface area (Å²) in [5.41, 5.74) is 1.16. The summed E-state index contributed by atoms with van der Waals surface area (Å²) in [6.07, 6.45) is 1.86. The molecule has 1 rings (SSSR count). The number of rotatable bonds is 7. The molecule has 1 N–H and O–H groups in total. The second-order valence-corrected chi connectivity index (χ2v) is 5.10. The third-order valence-corrected chi connectivity index (χ3v) is 3.74. The fraction of sp³-hybridized carbons (Fsp3) is 0.846. The largest absolute Gasteiger partial charge is 0.307 e. The van der Waals surface area contributed by atoms with Crippen molar-refractivity contribution in [1.29, 1.82) is 0 Å². The average Bonchev–Trinajstić information content (AvgIpc) is 2.73. The molecule has 1 aromatic heterocycles. The van der Waals surface area contributed by atoms with Crippen molar-refractivity contribution in [1.82, 2.24) is 25.2 Å². The molecule has 0 radical (unpaired) electrons. The smallest absolute Gasteiger partial charge is 0.0771 e. The first kappa shape index (κ1) is 15.1. The predicted octanol–water partition coefficient (Wildman–Crippen LogP) is 1.59. The van der Waals surface area contributed by atoms with E-state index in [1.54, 1.807) is 0 Å². The molecule has 0 saturated carbocycles. The first-order chi connectivity index (χ1) is 8.48. The van der Waals surface area contributed by atoms with E-state index in [1.165, 1.54) is 0 Å². The van der Waals surface area contributed by atoms with Crippen LogP contribution in [0.2, 0.25) is 0 Å². The fourth-order valence-corrected chi connectivity index (χ4v) is 2.70. The summed E-state index contributed by atoms with van der Waals surface area (Å²) in [5, 5.41) is 11.6. The first-order valence-electron chi connectivity index (χ1n) is 6.81. The molecule has 0 aliphatic carbocycles. The van der Waals surface area contributed by atoms with Gasteiger partial charge in [0.25, 0.3) is 0 Å². The molecule has 0 saturated heterocycles. The van der Waals surface area contributed by atoms with Crippen LogP contribution in [0.1, 0.15) is 46.4 Å². The van der Waals surface area contributed by atoms with E-state index in [0.717, 1.165) is 25.3 Å². The molecule has 0 aliphatic rings. The molecule has 0 bridgehead atoms. The quantitative estimate of drug-likeness (QED) is 0.801. The molecule has 1 heterocycles. The Bertz CT molecular complexity index is 354. The second kappa shape index (κ2) is 6.29. The van der Waals surface area contributed by atoms with Crippen LogP contribution in [0, 0.1) is 0 Å². The zero-order valence-electron chi connectivity index (χ0n) is 12.6. The van der Waals surface area contributed by atoms with Crippen molar-refractivity contribution >= 4 is 0 Å². The number of aryl methyl sites for hydroxylation is 1. The zero-order valence-corrected chi connectivity index (χ0v) is 12.6. The Hall–Kier alpha value is -0.940. The monoisotopic (exact) mass is 253 g/mol. The van der Waals surface area contributed by atoms with Crippen LogP contribution in [0.3, 0.4) is 0 Å². The number of hydrogen-bond donors (Lipinski definition) is 1. The minimum Gasteiger partial charge on any atom is -0.307 e. The summed E-state index contributed by atoms with van der Waals surface area (Å²) in [6, 6.07) is 0.224. The third kappa shape index (κ3) is 2.90. The molecule has 1 aromatic rings. The van der Waals surface area contributed by atoms with E-state index in [2.05, 4.69) is 55.1 Å². The van der Waals surface area contributed by atoms with Crippen molar-refractivity contribution in [2.75, 3.05) is 19.6 Å². The van der Waals surface area contributed by atoms with E-state index in [9.17, 15) is 0 Å². The minimum absolute atomic E-state index is 0.0228. The van der Waals surface area contributed by atoms with Crippen LogP contribution in [0.15, 0.2) is 6.20 Å². The van der Waals surface area contributed by atoms with Gasteiger partial charge in [-0.3, -0.25) is 9.58 Å². The number of nitrogens with zero attached hydrogens (tertiary/aromatic N) is 4. The average molecular weight is 253 g/mol. The van der Waals surface area contributed by atoms with Crippen molar-refractivity contribution in [3.8, 4) is 0 Å². The zero-order chi connectivity index (χ0) is 13.8. The van der Waals surface area contributed by atoms with Crippen LogP contribution in [0.4, 0.5) is 0 Å². The Kier molecular flexibility index (Phi) is 5.28. The van der Waals surface area contributed by atoms with Crippen molar-refractivity contribution in [2.45, 2.75) is 46.2 Å². The lowest BCUT2D eigenvalue weighted by atomic mass is 9.89. The molecule has 5 heteroatoms. The highest BCUT2D eigenvalue weighted by Gasteiger charge is 2.36. The molecule has 0 aromatic carbocycles. The van der Waals surface area contributed by atoms with Crippen molar-refractivity contribution in [2.24, 2.45) is 7.05 Å². The van der Waals surface area contributed by atoms with Crippen LogP contribution < -0.4 is 5.32 Å². The molecule has 104 valence electrons. The predicted molar refractivity (Wildman–Crippen MR) is 74.4 cm³/mol. The summed E-state index contributed by atoms with van der Waals surface area (Å²) in [6.45, 7) is 14.1. The van der Waals surface area contributed by atoms with Gasteiger partial charge in [-0.1, -0.05) is 26.0 Å². The van der Waals surface area contributed by atoms with Crippen molar-refractivity contribution in [3.63, 3.8) is 0 Å². The fourth-order valence-electron chi connectivity index (χ4n) is 2.70. The summed E-state index contributed by atoms with van der Waals surface area (Å²) >= 11 is 0. The maximum Gasteiger partial charge on any atom is 0.0771 e. The van der Waals surface area contributed by atoms with E-state index >= 15 is 0 Å². The molecule has 1 unspecified atom stereocenters. The summed E-state index contributed by atoms with van der Waals surface area (Å²) in [7, 11) is 1.95. The van der Waals surface area contributed by atoms with Gasteiger partial charge in [0, 0.05) is 12.6 Å². The molecule has 0 fully saturated rings. The maximum absolute atomic E-state index is 4.05. The van der Waals surface area contributed by atoms with E-state index < -0.39 is 0 Å². The van der Waals surface area contributed by atoms with Gasteiger partial charge < -0.3 is 5.32 Å². The van der Waals surface area contributed by atoms with Crippen molar-refractivity contribution in [3.05, 3.63) is 11.9 Å². The number of likely N-dealkylation sites (N-methyl/N-ethyl adjacent to an activating group) is 2. The van der Waals surface area contributed by atoms with Gasteiger partial charge in [-0.25, -0.2) is 0 Å². The topological polar surface area (TPSA) is 46.0 Å². The number of aromatic nitrogens is 3. The van der Waals surface area contributed by atoms with Crippen LogP contribution >= 0.6 is 0 Å². The van der Waals surface area contributed by atoms with Gasteiger partial charge >= 0.3 is 0 Å². The minimum atomic E-state index is 0.0228. The number of nitrogens with one attached hydrogen (secondary N) is 1. The van der Waals surface area contributed by atoms with E-state index in [-0.39, 0.29) is 11.6 Å². The highest BCUT2D eigenvalue weighted by molar-refractivity contribution is 5.10. The Labute approximate surface area is 111 Å². The van der Waals surface area contributed by atoms with E-state index in [0.29, 0.717) is 0 Å². The lowest BCUT2D eigenvalue weighted by Crippen LogP contribution is -2.53. The highest BCUT2D eigenvalue weighted by Crippen LogP contribution is 2.30. The van der Waals surface area contributed by atoms with Crippen LogP contribution in [-0.4, -0.2) is 45.1 Å². The number of hydrogen-bond acceptors (Lipinski definition) is 4. The summed E-state index contributed by atoms with van der Waals surface area (Å²) < 4.78 is 1.86. The Balaban J connectivity index is 3.08. The molecule has 0 spiro atoms. The van der Waals surface area contributed by atoms with Gasteiger partial charge in [0.2, 0.25) is 0 Å². The SMILES string of the molecule is CCNC(c1cnnn1C)C(C)(C)N(CC)CC. The van der Waals surface area contributed by atoms with Gasteiger partial charge in [-0.2, -0.15) is 0 Å². The van der Waals surface area contributed by atoms with Gasteiger partial charge in [-0.05, 0) is 33.5 Å². The van der Waals surface area contributed by atoms with Gasteiger partial charge in [0.05, 0.1) is 17.9 Å².